The van der Waals surface area contributed by atoms with E-state index in [2.05, 4.69) is 40.6 Å². The topological polar surface area (TPSA) is 87.9 Å². The number of hydrogen-bond donors (Lipinski definition) is 1. The van der Waals surface area contributed by atoms with Crippen LogP contribution < -0.4 is 10.1 Å². The maximum Gasteiger partial charge on any atom is 0.239 e. The molecule has 2 heterocycles. The van der Waals surface area contributed by atoms with E-state index in [4.69, 9.17) is 9.72 Å². The number of benzene rings is 2. The van der Waals surface area contributed by atoms with Crippen molar-refractivity contribution < 1.29 is 9.53 Å². The van der Waals surface area contributed by atoms with Gasteiger partial charge in [0.05, 0.1) is 27.6 Å². The molecule has 4 aromatic rings. The van der Waals surface area contributed by atoms with Crippen LogP contribution in [0.5, 0.6) is 5.75 Å². The number of nitrogens with one attached hydrogen (secondary N) is 1. The molecule has 188 valence electrons. The molecular formula is C29H28N4O2S2. The predicted molar refractivity (Wildman–Crippen MR) is 150 cm³/mol. The smallest absolute Gasteiger partial charge is 0.239 e. The summed E-state index contributed by atoms with van der Waals surface area (Å²) >= 11 is 2.79. The van der Waals surface area contributed by atoms with E-state index in [0.717, 1.165) is 46.5 Å². The maximum absolute atomic E-state index is 13.2. The average Bonchev–Trinajstić information content (AvgIpc) is 3.33. The molecule has 0 saturated carbocycles. The Morgan fingerprint density at radius 3 is 2.81 bits per heavy atom. The number of carbonyl (C=O) groups is 1. The highest BCUT2D eigenvalue weighted by Crippen LogP contribution is 2.36. The third kappa shape index (κ3) is 5.63. The molecule has 8 heteroatoms. The number of rotatable bonds is 8. The number of thiazole rings is 1. The molecule has 2 unspecified atom stereocenters. The first-order chi connectivity index (χ1) is 18.1. The zero-order valence-corrected chi connectivity index (χ0v) is 22.5. The summed E-state index contributed by atoms with van der Waals surface area (Å²) in [5, 5.41) is 13.7. The average molecular weight is 529 g/mol. The van der Waals surface area contributed by atoms with Gasteiger partial charge >= 0.3 is 0 Å². The fourth-order valence-corrected chi connectivity index (χ4v) is 6.58. The lowest BCUT2D eigenvalue weighted by Crippen LogP contribution is -2.25. The number of amides is 1. The van der Waals surface area contributed by atoms with Gasteiger partial charge in [-0.25, -0.2) is 9.97 Å². The molecule has 0 saturated heterocycles. The number of anilines is 1. The molecule has 0 aliphatic heterocycles. The van der Waals surface area contributed by atoms with E-state index in [-0.39, 0.29) is 11.2 Å². The highest BCUT2D eigenvalue weighted by molar-refractivity contribution is 8.00. The summed E-state index contributed by atoms with van der Waals surface area (Å²) in [6.45, 7) is 4.51. The molecular weight excluding hydrogens is 500 g/mol. The number of ether oxygens (including phenoxy) is 1. The van der Waals surface area contributed by atoms with E-state index in [1.54, 1.807) is 0 Å². The zero-order chi connectivity index (χ0) is 25.8. The van der Waals surface area contributed by atoms with Crippen LogP contribution in [0.3, 0.4) is 0 Å². The van der Waals surface area contributed by atoms with Gasteiger partial charge in [-0.3, -0.25) is 4.79 Å². The number of hydrogen-bond acceptors (Lipinski definition) is 7. The number of thioether (sulfide) groups is 1. The van der Waals surface area contributed by atoms with Gasteiger partial charge in [0, 0.05) is 5.69 Å². The number of carbonyl (C=O) groups excluding carboxylic acids is 1. The Kier molecular flexibility index (Phi) is 7.73. The van der Waals surface area contributed by atoms with Crippen molar-refractivity contribution in [1.82, 2.24) is 9.97 Å². The van der Waals surface area contributed by atoms with Crippen molar-refractivity contribution in [2.24, 2.45) is 0 Å². The predicted octanol–water partition coefficient (Wildman–Crippen LogP) is 6.74. The number of pyridine rings is 1. The number of fused-ring (bicyclic) bond motifs is 2. The summed E-state index contributed by atoms with van der Waals surface area (Å²) in [6.07, 6.45) is 3.38. The van der Waals surface area contributed by atoms with Crippen LogP contribution in [0, 0.1) is 11.3 Å². The van der Waals surface area contributed by atoms with Crippen LogP contribution in [-0.2, 0) is 17.6 Å². The van der Waals surface area contributed by atoms with Crippen LogP contribution in [0.1, 0.15) is 55.0 Å². The normalized spacial score (nSPS) is 15.5. The van der Waals surface area contributed by atoms with Crippen molar-refractivity contribution in [3.8, 4) is 11.8 Å². The van der Waals surface area contributed by atoms with Crippen LogP contribution in [0.4, 0.5) is 5.13 Å². The second-order valence-corrected chi connectivity index (χ2v) is 11.2. The third-order valence-electron chi connectivity index (χ3n) is 6.56. The molecule has 0 bridgehead atoms. The summed E-state index contributed by atoms with van der Waals surface area (Å²) in [6, 6.07) is 20.6. The molecule has 2 atom stereocenters. The van der Waals surface area contributed by atoms with Gasteiger partial charge in [0.2, 0.25) is 5.91 Å². The van der Waals surface area contributed by atoms with E-state index in [1.807, 2.05) is 44.2 Å². The summed E-state index contributed by atoms with van der Waals surface area (Å²) < 4.78 is 6.53. The van der Waals surface area contributed by atoms with E-state index in [1.165, 1.54) is 28.7 Å². The number of aryl methyl sites for hydroxylation is 1. The van der Waals surface area contributed by atoms with Crippen molar-refractivity contribution in [2.45, 2.75) is 55.7 Å². The van der Waals surface area contributed by atoms with E-state index < -0.39 is 0 Å². The van der Waals surface area contributed by atoms with Crippen LogP contribution in [0.15, 0.2) is 59.6 Å². The van der Waals surface area contributed by atoms with Gasteiger partial charge in [-0.15, -0.1) is 0 Å². The minimum Gasteiger partial charge on any atom is -0.494 e. The lowest BCUT2D eigenvalue weighted by molar-refractivity contribution is -0.115. The Balaban J connectivity index is 1.31. The maximum atomic E-state index is 13.2. The first-order valence-corrected chi connectivity index (χ1v) is 14.3. The number of nitriles is 1. The minimum absolute atomic E-state index is 0.135. The van der Waals surface area contributed by atoms with Gasteiger partial charge in [0.15, 0.2) is 5.13 Å². The Morgan fingerprint density at radius 1 is 1.22 bits per heavy atom. The second kappa shape index (κ2) is 11.3. The molecule has 1 aliphatic rings. The van der Waals surface area contributed by atoms with E-state index in [9.17, 15) is 10.1 Å². The molecule has 0 radical (unpaired) electrons. The SMILES string of the molecule is CCOc1ccc2nc(NC(=O)C(CC)Sc3nc4c(cc3C#N)CC(c3ccccc3)CC4)sc2c1. The number of aromatic nitrogens is 2. The molecule has 5 rings (SSSR count). The largest absolute Gasteiger partial charge is 0.494 e. The van der Waals surface area contributed by atoms with Crippen LogP contribution >= 0.6 is 23.1 Å². The van der Waals surface area contributed by atoms with Crippen molar-refractivity contribution in [2.75, 3.05) is 11.9 Å². The van der Waals surface area contributed by atoms with Gasteiger partial charge < -0.3 is 10.1 Å². The van der Waals surface area contributed by atoms with Crippen molar-refractivity contribution in [3.63, 3.8) is 0 Å². The van der Waals surface area contributed by atoms with E-state index in [0.29, 0.717) is 34.7 Å². The first kappa shape index (κ1) is 25.2. The molecule has 0 spiro atoms. The summed E-state index contributed by atoms with van der Waals surface area (Å²) in [7, 11) is 0. The lowest BCUT2D eigenvalue weighted by Gasteiger charge is -2.25. The molecule has 1 aliphatic carbocycles. The van der Waals surface area contributed by atoms with E-state index >= 15 is 0 Å². The van der Waals surface area contributed by atoms with Crippen molar-refractivity contribution in [3.05, 3.63) is 77.0 Å². The highest BCUT2D eigenvalue weighted by atomic mass is 32.2. The summed E-state index contributed by atoms with van der Waals surface area (Å²) in [5.41, 5.74) is 4.87. The Labute approximate surface area is 225 Å². The van der Waals surface area contributed by atoms with Crippen LogP contribution in [-0.4, -0.2) is 27.7 Å². The van der Waals surface area contributed by atoms with Gasteiger partial charge in [-0.2, -0.15) is 5.26 Å². The first-order valence-electron chi connectivity index (χ1n) is 12.6. The van der Waals surface area contributed by atoms with Crippen LogP contribution in [0.25, 0.3) is 10.2 Å². The van der Waals surface area contributed by atoms with Gasteiger partial charge in [0.25, 0.3) is 0 Å². The van der Waals surface area contributed by atoms with Gasteiger partial charge in [-0.1, -0.05) is 60.4 Å². The molecule has 37 heavy (non-hydrogen) atoms. The highest BCUT2D eigenvalue weighted by Gasteiger charge is 2.26. The molecule has 2 aromatic carbocycles. The summed E-state index contributed by atoms with van der Waals surface area (Å²) in [4.78, 5) is 22.6. The second-order valence-electron chi connectivity index (χ2n) is 8.99. The Morgan fingerprint density at radius 2 is 2.05 bits per heavy atom. The molecule has 0 fully saturated rings. The standard InChI is InChI=1S/C29H28N4O2S2/c1-3-25(27(34)33-29-32-24-13-11-22(35-4-2)16-26(24)37-29)36-28-21(17-30)15-20-14-19(10-12-23(20)31-28)18-8-6-5-7-9-18/h5-9,11,13,15-16,19,25H,3-4,10,12,14H2,1-2H3,(H,32,33,34). The third-order valence-corrected chi connectivity index (χ3v) is 8.86. The monoisotopic (exact) mass is 528 g/mol. The summed E-state index contributed by atoms with van der Waals surface area (Å²) in [5.74, 6) is 1.09. The molecule has 1 amide bonds. The van der Waals surface area contributed by atoms with Crippen molar-refractivity contribution >= 4 is 44.4 Å². The molecule has 2 aromatic heterocycles. The minimum atomic E-state index is -0.385. The fraction of sp³-hybridized carbons (Fsp3) is 0.310. The van der Waals surface area contributed by atoms with Crippen molar-refractivity contribution in [1.29, 1.82) is 5.26 Å². The van der Waals surface area contributed by atoms with Gasteiger partial charge in [0.1, 0.15) is 16.8 Å². The quantitative estimate of drug-likeness (QED) is 0.255. The fourth-order valence-electron chi connectivity index (χ4n) is 4.68. The zero-order valence-electron chi connectivity index (χ0n) is 20.9. The Hall–Kier alpha value is -3.41. The lowest BCUT2D eigenvalue weighted by atomic mass is 9.82. The van der Waals surface area contributed by atoms with Crippen LogP contribution in [0.2, 0.25) is 0 Å². The molecule has 1 N–H and O–H groups in total. The Bertz CT molecular complexity index is 1460. The van der Waals surface area contributed by atoms with Gasteiger partial charge in [-0.05, 0) is 73.9 Å². The number of nitrogens with zero attached hydrogens (tertiary/aromatic N) is 3. The molecule has 6 nitrogen and oxygen atoms in total.